The summed E-state index contributed by atoms with van der Waals surface area (Å²) < 4.78 is 0. The Kier molecular flexibility index (Phi) is 7.84. The van der Waals surface area contributed by atoms with E-state index in [9.17, 15) is 9.59 Å². The highest BCUT2D eigenvalue weighted by Crippen LogP contribution is 2.04. The van der Waals surface area contributed by atoms with Crippen LogP contribution in [0.15, 0.2) is 12.7 Å². The molecule has 0 rings (SSSR count). The molecule has 0 aromatic carbocycles. The Balaban J connectivity index is 3.95. The fourth-order valence-electron chi connectivity index (χ4n) is 1.35. The van der Waals surface area contributed by atoms with Crippen LogP contribution in [0, 0.1) is 5.92 Å². The highest BCUT2D eigenvalue weighted by atomic mass is 16.4. The normalized spacial score (nSPS) is 11.9. The molecule has 0 saturated heterocycles. The van der Waals surface area contributed by atoms with E-state index >= 15 is 0 Å². The number of hydrogen-bond donors (Lipinski definition) is 3. The van der Waals surface area contributed by atoms with Crippen LogP contribution in [-0.4, -0.2) is 29.7 Å². The molecule has 2 amide bonds. The molecular formula is C12H22N2O3. The minimum atomic E-state index is -1.00. The lowest BCUT2D eigenvalue weighted by molar-refractivity contribution is -0.139. The fraction of sp³-hybridized carbons (Fsp3) is 0.667. The molecule has 5 nitrogen and oxygen atoms in total. The number of nitrogens with one attached hydrogen (secondary N) is 2. The minimum absolute atomic E-state index is 0.220. The van der Waals surface area contributed by atoms with Gasteiger partial charge in [0.15, 0.2) is 0 Å². The van der Waals surface area contributed by atoms with Crippen LogP contribution in [0.4, 0.5) is 4.79 Å². The van der Waals surface area contributed by atoms with E-state index in [1.807, 2.05) is 13.8 Å². The summed E-state index contributed by atoms with van der Waals surface area (Å²) in [6.07, 6.45) is 3.83. The van der Waals surface area contributed by atoms with Crippen molar-refractivity contribution in [2.75, 3.05) is 6.54 Å². The largest absolute Gasteiger partial charge is 0.480 e. The molecule has 98 valence electrons. The molecule has 3 N–H and O–H groups in total. The molecule has 0 aromatic heterocycles. The number of allylic oxidation sites excluding steroid dienone is 1. The van der Waals surface area contributed by atoms with Gasteiger partial charge in [-0.2, -0.15) is 0 Å². The summed E-state index contributed by atoms with van der Waals surface area (Å²) in [6.45, 7) is 7.93. The van der Waals surface area contributed by atoms with Crippen molar-refractivity contribution in [3.63, 3.8) is 0 Å². The third-order valence-electron chi connectivity index (χ3n) is 2.18. The predicted octanol–water partition coefficient (Wildman–Crippen LogP) is 1.75. The van der Waals surface area contributed by atoms with Crippen LogP contribution in [0.2, 0.25) is 0 Å². The van der Waals surface area contributed by atoms with E-state index in [1.165, 1.54) is 0 Å². The smallest absolute Gasteiger partial charge is 0.326 e. The second-order valence-corrected chi connectivity index (χ2v) is 4.35. The summed E-state index contributed by atoms with van der Waals surface area (Å²) >= 11 is 0. The summed E-state index contributed by atoms with van der Waals surface area (Å²) in [5.74, 6) is -0.780. The van der Waals surface area contributed by atoms with Crippen molar-refractivity contribution in [2.45, 2.75) is 39.2 Å². The van der Waals surface area contributed by atoms with Gasteiger partial charge in [-0.05, 0) is 25.2 Å². The molecule has 0 aliphatic carbocycles. The number of carboxylic acid groups (broad SMARTS) is 1. The quantitative estimate of drug-likeness (QED) is 0.448. The number of carboxylic acids is 1. The lowest BCUT2D eigenvalue weighted by Crippen LogP contribution is -2.46. The summed E-state index contributed by atoms with van der Waals surface area (Å²) in [6, 6.07) is -1.25. The maximum Gasteiger partial charge on any atom is 0.326 e. The molecule has 17 heavy (non-hydrogen) atoms. The maximum absolute atomic E-state index is 11.4. The Bertz CT molecular complexity index is 264. The second-order valence-electron chi connectivity index (χ2n) is 4.35. The summed E-state index contributed by atoms with van der Waals surface area (Å²) in [5, 5.41) is 14.0. The van der Waals surface area contributed by atoms with Gasteiger partial charge in [-0.1, -0.05) is 19.9 Å². The summed E-state index contributed by atoms with van der Waals surface area (Å²) in [5.41, 5.74) is 0. The van der Waals surface area contributed by atoms with Crippen molar-refractivity contribution in [3.05, 3.63) is 12.7 Å². The van der Waals surface area contributed by atoms with Gasteiger partial charge in [0.25, 0.3) is 0 Å². The van der Waals surface area contributed by atoms with Crippen LogP contribution in [0.3, 0.4) is 0 Å². The standard InChI is InChI=1S/C12H22N2O3/c1-4-5-6-7-13-12(17)14-10(11(15)16)8-9(2)3/h4,9-10H,1,5-8H2,2-3H3,(H,15,16)(H2,13,14,17). The predicted molar refractivity (Wildman–Crippen MR) is 66.8 cm³/mol. The van der Waals surface area contributed by atoms with Crippen LogP contribution in [0.25, 0.3) is 0 Å². The molecule has 0 saturated carbocycles. The van der Waals surface area contributed by atoms with Crippen LogP contribution in [0.5, 0.6) is 0 Å². The van der Waals surface area contributed by atoms with Crippen LogP contribution < -0.4 is 10.6 Å². The number of carbonyl (C=O) groups is 2. The lowest BCUT2D eigenvalue weighted by Gasteiger charge is -2.16. The van der Waals surface area contributed by atoms with Crippen molar-refractivity contribution in [1.29, 1.82) is 0 Å². The van der Waals surface area contributed by atoms with Gasteiger partial charge in [0.2, 0.25) is 0 Å². The van der Waals surface area contributed by atoms with Crippen molar-refractivity contribution < 1.29 is 14.7 Å². The minimum Gasteiger partial charge on any atom is -0.480 e. The number of hydrogen-bond acceptors (Lipinski definition) is 2. The topological polar surface area (TPSA) is 78.4 Å². The molecule has 0 bridgehead atoms. The van der Waals surface area contributed by atoms with Gasteiger partial charge in [-0.3, -0.25) is 0 Å². The first-order valence-corrected chi connectivity index (χ1v) is 5.85. The van der Waals surface area contributed by atoms with Crippen molar-refractivity contribution in [3.8, 4) is 0 Å². The Hall–Kier alpha value is -1.52. The van der Waals surface area contributed by atoms with Gasteiger partial charge in [0, 0.05) is 6.54 Å². The number of unbranched alkanes of at least 4 members (excludes halogenated alkanes) is 1. The first-order chi connectivity index (χ1) is 7.97. The first kappa shape index (κ1) is 15.5. The van der Waals surface area contributed by atoms with Crippen LogP contribution in [0.1, 0.15) is 33.1 Å². The zero-order valence-electron chi connectivity index (χ0n) is 10.5. The Labute approximate surface area is 102 Å². The van der Waals surface area contributed by atoms with Crippen molar-refractivity contribution in [1.82, 2.24) is 10.6 Å². The molecule has 5 heteroatoms. The van der Waals surface area contributed by atoms with Crippen LogP contribution >= 0.6 is 0 Å². The molecule has 0 aromatic rings. The van der Waals surface area contributed by atoms with E-state index in [1.54, 1.807) is 6.08 Å². The summed E-state index contributed by atoms with van der Waals surface area (Å²) in [4.78, 5) is 22.3. The Morgan fingerprint density at radius 2 is 2.06 bits per heavy atom. The van der Waals surface area contributed by atoms with Gasteiger partial charge < -0.3 is 15.7 Å². The number of amides is 2. The third kappa shape index (κ3) is 8.30. The number of rotatable bonds is 8. The first-order valence-electron chi connectivity index (χ1n) is 5.85. The van der Waals surface area contributed by atoms with E-state index in [0.717, 1.165) is 12.8 Å². The molecule has 1 unspecified atom stereocenters. The maximum atomic E-state index is 11.4. The van der Waals surface area contributed by atoms with Gasteiger partial charge in [-0.25, -0.2) is 9.59 Å². The molecule has 0 heterocycles. The molecule has 1 atom stereocenters. The van der Waals surface area contributed by atoms with Crippen molar-refractivity contribution in [2.24, 2.45) is 5.92 Å². The number of urea groups is 1. The van der Waals surface area contributed by atoms with E-state index in [4.69, 9.17) is 5.11 Å². The zero-order chi connectivity index (χ0) is 13.3. The monoisotopic (exact) mass is 242 g/mol. The fourth-order valence-corrected chi connectivity index (χ4v) is 1.35. The van der Waals surface area contributed by atoms with Crippen molar-refractivity contribution >= 4 is 12.0 Å². The van der Waals surface area contributed by atoms with Gasteiger partial charge >= 0.3 is 12.0 Å². The zero-order valence-corrected chi connectivity index (χ0v) is 10.5. The molecule has 0 radical (unpaired) electrons. The molecule has 0 spiro atoms. The van der Waals surface area contributed by atoms with E-state index in [0.29, 0.717) is 13.0 Å². The second kappa shape index (κ2) is 8.61. The molecular weight excluding hydrogens is 220 g/mol. The highest BCUT2D eigenvalue weighted by molar-refractivity contribution is 5.82. The van der Waals surface area contributed by atoms with Crippen LogP contribution in [-0.2, 0) is 4.79 Å². The van der Waals surface area contributed by atoms with E-state index < -0.39 is 18.0 Å². The molecule has 0 aliphatic rings. The Morgan fingerprint density at radius 3 is 2.53 bits per heavy atom. The van der Waals surface area contributed by atoms with Gasteiger partial charge in [0.05, 0.1) is 0 Å². The number of carbonyl (C=O) groups excluding carboxylic acids is 1. The number of aliphatic carboxylic acids is 1. The summed E-state index contributed by atoms with van der Waals surface area (Å²) in [7, 11) is 0. The lowest BCUT2D eigenvalue weighted by atomic mass is 10.0. The molecule has 0 fully saturated rings. The average Bonchev–Trinajstić information content (AvgIpc) is 2.22. The van der Waals surface area contributed by atoms with Gasteiger partial charge in [0.1, 0.15) is 6.04 Å². The molecule has 0 aliphatic heterocycles. The van der Waals surface area contributed by atoms with E-state index in [2.05, 4.69) is 17.2 Å². The van der Waals surface area contributed by atoms with E-state index in [-0.39, 0.29) is 5.92 Å². The third-order valence-corrected chi connectivity index (χ3v) is 2.18. The highest BCUT2D eigenvalue weighted by Gasteiger charge is 2.20. The average molecular weight is 242 g/mol. The SMILES string of the molecule is C=CCCCNC(=O)NC(CC(C)C)C(=O)O. The van der Waals surface area contributed by atoms with Gasteiger partial charge in [-0.15, -0.1) is 6.58 Å². The Morgan fingerprint density at radius 1 is 1.41 bits per heavy atom.